The van der Waals surface area contributed by atoms with Gasteiger partial charge in [0.2, 0.25) is 10.0 Å². The number of nitrogens with two attached hydrogens (primary N) is 1. The molecule has 2 heterocycles. The first-order valence-corrected chi connectivity index (χ1v) is 7.35. The first-order valence-electron chi connectivity index (χ1n) is 5.87. The van der Waals surface area contributed by atoms with Crippen LogP contribution in [0, 0.1) is 6.92 Å². The molecule has 8 heteroatoms. The van der Waals surface area contributed by atoms with E-state index in [0.29, 0.717) is 5.65 Å². The Balaban J connectivity index is 2.49. The van der Waals surface area contributed by atoms with Crippen molar-refractivity contribution in [3.63, 3.8) is 0 Å². The van der Waals surface area contributed by atoms with E-state index in [0.717, 1.165) is 11.1 Å². The van der Waals surface area contributed by atoms with E-state index in [1.165, 1.54) is 6.20 Å². The molecule has 7 nitrogen and oxygen atoms in total. The van der Waals surface area contributed by atoms with Crippen LogP contribution in [0.1, 0.15) is 12.6 Å². The van der Waals surface area contributed by atoms with Crippen molar-refractivity contribution in [3.8, 4) is 0 Å². The number of aromatic nitrogens is 3. The van der Waals surface area contributed by atoms with Gasteiger partial charge in [-0.3, -0.25) is 4.68 Å². The molecule has 3 N–H and O–H groups in total. The maximum atomic E-state index is 12.1. The highest BCUT2D eigenvalue weighted by molar-refractivity contribution is 7.89. The number of nitrogens with zero attached hydrogens (tertiary/aromatic N) is 3. The normalized spacial score (nSPS) is 13.9. The lowest BCUT2D eigenvalue weighted by molar-refractivity contribution is 0.562. The summed E-state index contributed by atoms with van der Waals surface area (Å²) in [6.07, 6.45) is 1.33. The van der Waals surface area contributed by atoms with Crippen LogP contribution in [0.5, 0.6) is 0 Å². The van der Waals surface area contributed by atoms with Gasteiger partial charge in [0.05, 0.1) is 5.69 Å². The first kappa shape index (κ1) is 13.9. The molecule has 2 aromatic rings. The van der Waals surface area contributed by atoms with E-state index in [1.807, 2.05) is 6.92 Å². The van der Waals surface area contributed by atoms with Crippen LogP contribution in [0.15, 0.2) is 17.2 Å². The predicted octanol–water partition coefficient (Wildman–Crippen LogP) is -0.0978. The second-order valence-corrected chi connectivity index (χ2v) is 6.22. The molecule has 2 aromatic heterocycles. The second kappa shape index (κ2) is 4.87. The molecule has 0 aliphatic heterocycles. The molecule has 0 amide bonds. The Morgan fingerprint density at radius 1 is 1.53 bits per heavy atom. The fourth-order valence-corrected chi connectivity index (χ4v) is 3.04. The molecule has 0 saturated carbocycles. The fraction of sp³-hybridized carbons (Fsp3) is 0.455. The van der Waals surface area contributed by atoms with Gasteiger partial charge in [0.15, 0.2) is 5.65 Å². The van der Waals surface area contributed by atoms with E-state index >= 15 is 0 Å². The third kappa shape index (κ3) is 2.60. The molecule has 0 fully saturated rings. The van der Waals surface area contributed by atoms with Crippen molar-refractivity contribution in [2.24, 2.45) is 12.8 Å². The van der Waals surface area contributed by atoms with E-state index in [1.54, 1.807) is 24.7 Å². The minimum atomic E-state index is -3.60. The number of nitrogens with one attached hydrogen (secondary N) is 1. The van der Waals surface area contributed by atoms with Gasteiger partial charge in [0.1, 0.15) is 4.90 Å². The van der Waals surface area contributed by atoms with Crippen molar-refractivity contribution in [2.75, 3.05) is 6.54 Å². The van der Waals surface area contributed by atoms with Crippen LogP contribution < -0.4 is 10.5 Å². The molecule has 0 aliphatic rings. The van der Waals surface area contributed by atoms with Gasteiger partial charge in [-0.1, -0.05) is 0 Å². The molecule has 104 valence electrons. The summed E-state index contributed by atoms with van der Waals surface area (Å²) in [5.41, 5.74) is 6.82. The lowest BCUT2D eigenvalue weighted by atomic mass is 10.3. The number of hydrogen-bond donors (Lipinski definition) is 2. The molecule has 2 rings (SSSR count). The summed E-state index contributed by atoms with van der Waals surface area (Å²) in [4.78, 5) is 4.27. The maximum Gasteiger partial charge on any atom is 0.242 e. The Morgan fingerprint density at radius 2 is 2.21 bits per heavy atom. The van der Waals surface area contributed by atoms with Gasteiger partial charge in [0.25, 0.3) is 0 Å². The van der Waals surface area contributed by atoms with Crippen LogP contribution in [0.2, 0.25) is 0 Å². The highest BCUT2D eigenvalue weighted by Gasteiger charge is 2.19. The second-order valence-electron chi connectivity index (χ2n) is 4.51. The lowest BCUT2D eigenvalue weighted by Gasteiger charge is -2.11. The SMILES string of the molecule is Cc1nn(C)c2ncc(S(=O)(=O)N[C@@H](C)CN)cc12. The van der Waals surface area contributed by atoms with Crippen molar-refractivity contribution >= 4 is 21.1 Å². The van der Waals surface area contributed by atoms with Gasteiger partial charge in [0, 0.05) is 31.2 Å². The van der Waals surface area contributed by atoms with Crippen LogP contribution >= 0.6 is 0 Å². The van der Waals surface area contributed by atoms with Gasteiger partial charge in [-0.2, -0.15) is 5.10 Å². The smallest absolute Gasteiger partial charge is 0.242 e. The maximum absolute atomic E-state index is 12.1. The highest BCUT2D eigenvalue weighted by atomic mass is 32.2. The monoisotopic (exact) mass is 283 g/mol. The number of fused-ring (bicyclic) bond motifs is 1. The number of sulfonamides is 1. The van der Waals surface area contributed by atoms with Crippen LogP contribution in [0.25, 0.3) is 11.0 Å². The molecule has 0 radical (unpaired) electrons. The topological polar surface area (TPSA) is 103 Å². The summed E-state index contributed by atoms with van der Waals surface area (Å²) in [7, 11) is -1.83. The van der Waals surface area contributed by atoms with Crippen molar-refractivity contribution in [1.82, 2.24) is 19.5 Å². The zero-order valence-electron chi connectivity index (χ0n) is 11.1. The quantitative estimate of drug-likeness (QED) is 0.815. The molecule has 19 heavy (non-hydrogen) atoms. The Morgan fingerprint density at radius 3 is 2.84 bits per heavy atom. The Hall–Kier alpha value is -1.51. The number of aryl methyl sites for hydroxylation is 2. The Kier molecular flexibility index (Phi) is 3.57. The standard InChI is InChI=1S/C11H17N5O2S/c1-7(5-12)15-19(17,18)9-4-10-8(2)14-16(3)11(10)13-6-9/h4,6-7,15H,5,12H2,1-3H3/t7-/m0/s1. The summed E-state index contributed by atoms with van der Waals surface area (Å²) in [5.74, 6) is 0. The average molecular weight is 283 g/mol. The van der Waals surface area contributed by atoms with Crippen LogP contribution in [-0.4, -0.2) is 35.8 Å². The Labute approximate surface area is 111 Å². The fourth-order valence-electron chi connectivity index (χ4n) is 1.82. The van der Waals surface area contributed by atoms with Crippen molar-refractivity contribution < 1.29 is 8.42 Å². The third-order valence-corrected chi connectivity index (χ3v) is 4.41. The predicted molar refractivity (Wildman–Crippen MR) is 72.1 cm³/mol. The van der Waals surface area contributed by atoms with E-state index in [4.69, 9.17) is 5.73 Å². The highest BCUT2D eigenvalue weighted by Crippen LogP contribution is 2.19. The average Bonchev–Trinajstić information content (AvgIpc) is 2.64. The molecule has 0 bridgehead atoms. The van der Waals surface area contributed by atoms with Crippen LogP contribution in [0.3, 0.4) is 0 Å². The van der Waals surface area contributed by atoms with Gasteiger partial charge in [-0.05, 0) is 19.9 Å². The molecule has 0 aromatic carbocycles. The van der Waals surface area contributed by atoms with Crippen molar-refractivity contribution in [3.05, 3.63) is 18.0 Å². The summed E-state index contributed by atoms with van der Waals surface area (Å²) >= 11 is 0. The number of hydrogen-bond acceptors (Lipinski definition) is 5. The van der Waals surface area contributed by atoms with Crippen LogP contribution in [-0.2, 0) is 17.1 Å². The lowest BCUT2D eigenvalue weighted by Crippen LogP contribution is -2.37. The molecule has 0 saturated heterocycles. The molecular formula is C11H17N5O2S. The first-order chi connectivity index (χ1) is 8.85. The minimum absolute atomic E-state index is 0.122. The van der Waals surface area contributed by atoms with E-state index in [-0.39, 0.29) is 17.5 Å². The van der Waals surface area contributed by atoms with E-state index in [2.05, 4.69) is 14.8 Å². The number of rotatable bonds is 4. The van der Waals surface area contributed by atoms with Crippen LogP contribution in [0.4, 0.5) is 0 Å². The summed E-state index contributed by atoms with van der Waals surface area (Å²) in [6, 6.07) is 1.26. The summed E-state index contributed by atoms with van der Waals surface area (Å²) in [5, 5.41) is 4.94. The van der Waals surface area contributed by atoms with E-state index < -0.39 is 10.0 Å². The summed E-state index contributed by atoms with van der Waals surface area (Å²) in [6.45, 7) is 3.76. The minimum Gasteiger partial charge on any atom is -0.329 e. The molecule has 0 aliphatic carbocycles. The zero-order valence-corrected chi connectivity index (χ0v) is 11.9. The van der Waals surface area contributed by atoms with Crippen molar-refractivity contribution in [1.29, 1.82) is 0 Å². The molecule has 1 atom stereocenters. The Bertz CT molecular complexity index is 707. The van der Waals surface area contributed by atoms with E-state index in [9.17, 15) is 8.42 Å². The van der Waals surface area contributed by atoms with Gasteiger partial charge in [-0.15, -0.1) is 0 Å². The largest absolute Gasteiger partial charge is 0.329 e. The zero-order chi connectivity index (χ0) is 14.2. The van der Waals surface area contributed by atoms with Gasteiger partial charge in [-0.25, -0.2) is 18.1 Å². The molecule has 0 spiro atoms. The third-order valence-electron chi connectivity index (χ3n) is 2.86. The van der Waals surface area contributed by atoms with Gasteiger partial charge < -0.3 is 5.73 Å². The molecule has 0 unspecified atom stereocenters. The summed E-state index contributed by atoms with van der Waals surface area (Å²) < 4.78 is 28.4. The molecular weight excluding hydrogens is 266 g/mol. The van der Waals surface area contributed by atoms with Crippen molar-refractivity contribution in [2.45, 2.75) is 24.8 Å². The number of pyridine rings is 1. The van der Waals surface area contributed by atoms with Gasteiger partial charge >= 0.3 is 0 Å².